The molecule has 0 aromatic carbocycles. The van der Waals surface area contributed by atoms with Gasteiger partial charge in [-0.2, -0.15) is 0 Å². The summed E-state index contributed by atoms with van der Waals surface area (Å²) in [6.07, 6.45) is 2.10. The van der Waals surface area contributed by atoms with Crippen molar-refractivity contribution in [2.75, 3.05) is 25.9 Å². The Hall–Kier alpha value is -1.33. The molecule has 1 atom stereocenters. The number of nitrogens with two attached hydrogens (primary N) is 1. The van der Waals surface area contributed by atoms with Gasteiger partial charge in [0.25, 0.3) is 5.91 Å². The van der Waals surface area contributed by atoms with Gasteiger partial charge in [-0.15, -0.1) is 0 Å². The smallest absolute Gasteiger partial charge is 0.251 e. The molecular weight excluding hydrogens is 252 g/mol. The topological polar surface area (TPSA) is 71.2 Å². The van der Waals surface area contributed by atoms with Gasteiger partial charge in [0.2, 0.25) is 0 Å². The second kappa shape index (κ2) is 5.54. The average molecular weight is 269 g/mol. The molecule has 1 aliphatic rings. The van der Waals surface area contributed by atoms with E-state index in [0.29, 0.717) is 5.56 Å². The van der Waals surface area contributed by atoms with Gasteiger partial charge in [-0.3, -0.25) is 4.79 Å². The lowest BCUT2D eigenvalue weighted by atomic mass is 10.1. The van der Waals surface area contributed by atoms with Crippen LogP contribution in [0, 0.1) is 0 Å². The van der Waals surface area contributed by atoms with E-state index < -0.39 is 0 Å². The summed E-state index contributed by atoms with van der Waals surface area (Å²) in [5.74, 6) is 0.111. The maximum absolute atomic E-state index is 12.1. The molecule has 5 nitrogen and oxygen atoms in total. The first-order chi connectivity index (χ1) is 8.54. The van der Waals surface area contributed by atoms with Crippen LogP contribution in [0.25, 0.3) is 0 Å². The van der Waals surface area contributed by atoms with Crippen LogP contribution in [0.15, 0.2) is 12.1 Å². The maximum atomic E-state index is 12.1. The number of nitrogen functional groups attached to an aromatic ring is 1. The Morgan fingerprint density at radius 3 is 3.06 bits per heavy atom. The summed E-state index contributed by atoms with van der Waals surface area (Å²) in [4.78, 5) is 18.1. The summed E-state index contributed by atoms with van der Waals surface area (Å²) in [5, 5.41) is 3.23. The third-order valence-electron chi connectivity index (χ3n) is 3.04. The fraction of sp³-hybridized carbons (Fsp3) is 0.500. The van der Waals surface area contributed by atoms with Crippen molar-refractivity contribution < 1.29 is 4.79 Å². The number of piperidine rings is 1. The molecule has 1 aromatic rings. The predicted molar refractivity (Wildman–Crippen MR) is 71.6 cm³/mol. The molecule has 98 valence electrons. The van der Waals surface area contributed by atoms with Crippen molar-refractivity contribution >= 4 is 23.3 Å². The number of likely N-dealkylation sites (tertiary alicyclic amines) is 1. The van der Waals surface area contributed by atoms with Gasteiger partial charge in [0.05, 0.1) is 0 Å². The molecule has 3 N–H and O–H groups in total. The molecule has 1 aromatic heterocycles. The lowest BCUT2D eigenvalue weighted by Gasteiger charge is -2.30. The molecular formula is C12H17ClN4O. The lowest BCUT2D eigenvalue weighted by Crippen LogP contribution is -2.46. The van der Waals surface area contributed by atoms with Gasteiger partial charge in [-0.1, -0.05) is 11.6 Å². The molecule has 2 heterocycles. The van der Waals surface area contributed by atoms with Gasteiger partial charge in [0.15, 0.2) is 0 Å². The number of halogens is 1. The monoisotopic (exact) mass is 268 g/mol. The van der Waals surface area contributed by atoms with Crippen LogP contribution < -0.4 is 11.1 Å². The highest BCUT2D eigenvalue weighted by molar-refractivity contribution is 6.29. The minimum atomic E-state index is -0.147. The minimum absolute atomic E-state index is 0.147. The average Bonchev–Trinajstić information content (AvgIpc) is 2.27. The number of pyridine rings is 1. The Morgan fingerprint density at radius 1 is 1.61 bits per heavy atom. The number of nitrogens with zero attached hydrogens (tertiary/aromatic N) is 2. The lowest BCUT2D eigenvalue weighted by molar-refractivity contribution is 0.0912. The third-order valence-corrected chi connectivity index (χ3v) is 3.23. The van der Waals surface area contributed by atoms with Crippen LogP contribution in [0.5, 0.6) is 0 Å². The zero-order valence-electron chi connectivity index (χ0n) is 10.3. The number of aromatic nitrogens is 1. The minimum Gasteiger partial charge on any atom is -0.384 e. The number of rotatable bonds is 2. The Kier molecular flexibility index (Phi) is 4.04. The van der Waals surface area contributed by atoms with Crippen LogP contribution in [0.3, 0.4) is 0 Å². The molecule has 0 aliphatic carbocycles. The molecule has 1 aliphatic heterocycles. The van der Waals surface area contributed by atoms with Gasteiger partial charge in [-0.05, 0) is 38.6 Å². The number of hydrogen-bond donors (Lipinski definition) is 2. The Balaban J connectivity index is 2.02. The summed E-state index contributed by atoms with van der Waals surface area (Å²) < 4.78 is 0. The Labute approximate surface area is 111 Å². The molecule has 0 bridgehead atoms. The highest BCUT2D eigenvalue weighted by atomic mass is 35.5. The van der Waals surface area contributed by atoms with E-state index in [0.717, 1.165) is 25.9 Å². The van der Waals surface area contributed by atoms with E-state index in [1.54, 1.807) is 0 Å². The summed E-state index contributed by atoms with van der Waals surface area (Å²) in [7, 11) is 2.06. The number of likely N-dealkylation sites (N-methyl/N-ethyl adjacent to an activating group) is 1. The van der Waals surface area contributed by atoms with Crippen LogP contribution >= 0.6 is 11.6 Å². The molecule has 1 amide bonds. The van der Waals surface area contributed by atoms with Crippen LogP contribution in [-0.2, 0) is 0 Å². The van der Waals surface area contributed by atoms with E-state index in [-0.39, 0.29) is 22.9 Å². The zero-order valence-corrected chi connectivity index (χ0v) is 11.1. The molecule has 6 heteroatoms. The second-order valence-corrected chi connectivity index (χ2v) is 5.07. The highest BCUT2D eigenvalue weighted by Gasteiger charge is 2.19. The summed E-state index contributed by atoms with van der Waals surface area (Å²) in [6, 6.07) is 3.25. The molecule has 1 unspecified atom stereocenters. The van der Waals surface area contributed by atoms with Crippen molar-refractivity contribution in [3.63, 3.8) is 0 Å². The normalized spacial score (nSPS) is 20.7. The first-order valence-electron chi connectivity index (χ1n) is 5.97. The van der Waals surface area contributed by atoms with E-state index in [4.69, 9.17) is 17.3 Å². The molecule has 18 heavy (non-hydrogen) atoms. The largest absolute Gasteiger partial charge is 0.384 e. The van der Waals surface area contributed by atoms with Crippen molar-refractivity contribution in [2.45, 2.75) is 18.9 Å². The number of carbonyl (C=O) groups excluding carboxylic acids is 1. The van der Waals surface area contributed by atoms with Crippen molar-refractivity contribution in [2.24, 2.45) is 0 Å². The number of hydrogen-bond acceptors (Lipinski definition) is 4. The summed E-state index contributed by atoms with van der Waals surface area (Å²) in [6.45, 7) is 1.96. The van der Waals surface area contributed by atoms with E-state index in [9.17, 15) is 4.79 Å². The van der Waals surface area contributed by atoms with E-state index in [1.165, 1.54) is 12.1 Å². The van der Waals surface area contributed by atoms with Crippen LogP contribution in [0.1, 0.15) is 23.2 Å². The zero-order chi connectivity index (χ0) is 13.1. The standard InChI is InChI=1S/C12H17ClN4O/c1-17-4-2-3-9(7-17)15-12(18)8-5-10(13)16-11(14)6-8/h5-6,9H,2-4,7H2,1H3,(H2,14,16)(H,15,18). The first kappa shape index (κ1) is 13.1. The highest BCUT2D eigenvalue weighted by Crippen LogP contribution is 2.13. The van der Waals surface area contributed by atoms with E-state index in [1.807, 2.05) is 0 Å². The van der Waals surface area contributed by atoms with E-state index in [2.05, 4.69) is 22.2 Å². The van der Waals surface area contributed by atoms with Gasteiger partial charge in [0, 0.05) is 18.2 Å². The molecule has 0 radical (unpaired) electrons. The van der Waals surface area contributed by atoms with Gasteiger partial charge < -0.3 is 16.0 Å². The fourth-order valence-corrected chi connectivity index (χ4v) is 2.42. The van der Waals surface area contributed by atoms with Crippen LogP contribution in [0.2, 0.25) is 5.15 Å². The van der Waals surface area contributed by atoms with Gasteiger partial charge in [-0.25, -0.2) is 4.98 Å². The summed E-state index contributed by atoms with van der Waals surface area (Å²) in [5.41, 5.74) is 6.03. The number of carbonyl (C=O) groups is 1. The van der Waals surface area contributed by atoms with E-state index >= 15 is 0 Å². The Morgan fingerprint density at radius 2 is 2.39 bits per heavy atom. The van der Waals surface area contributed by atoms with Gasteiger partial charge in [0.1, 0.15) is 11.0 Å². The first-order valence-corrected chi connectivity index (χ1v) is 6.35. The number of nitrogens with one attached hydrogen (secondary N) is 1. The molecule has 1 saturated heterocycles. The van der Waals surface area contributed by atoms with Crippen molar-refractivity contribution in [1.82, 2.24) is 15.2 Å². The molecule has 0 saturated carbocycles. The summed E-state index contributed by atoms with van der Waals surface area (Å²) >= 11 is 5.78. The predicted octanol–water partition coefficient (Wildman–Crippen LogP) is 1.14. The quantitative estimate of drug-likeness (QED) is 0.789. The third kappa shape index (κ3) is 3.34. The molecule has 0 spiro atoms. The fourth-order valence-electron chi connectivity index (χ4n) is 2.20. The number of amides is 1. The maximum Gasteiger partial charge on any atom is 0.251 e. The number of anilines is 1. The molecule has 2 rings (SSSR count). The Bertz CT molecular complexity index is 431. The van der Waals surface area contributed by atoms with Crippen LogP contribution in [0.4, 0.5) is 5.82 Å². The molecule has 1 fully saturated rings. The SMILES string of the molecule is CN1CCCC(NC(=O)c2cc(N)nc(Cl)c2)C1. The van der Waals surface area contributed by atoms with Crippen molar-refractivity contribution in [3.8, 4) is 0 Å². The van der Waals surface area contributed by atoms with Crippen molar-refractivity contribution in [1.29, 1.82) is 0 Å². The van der Waals surface area contributed by atoms with Crippen molar-refractivity contribution in [3.05, 3.63) is 22.8 Å². The second-order valence-electron chi connectivity index (χ2n) is 4.68. The van der Waals surface area contributed by atoms with Gasteiger partial charge >= 0.3 is 0 Å². The van der Waals surface area contributed by atoms with Crippen LogP contribution in [-0.4, -0.2) is 42.0 Å².